The Morgan fingerprint density at radius 2 is 2.14 bits per heavy atom. The molecule has 0 bridgehead atoms. The summed E-state index contributed by atoms with van der Waals surface area (Å²) in [6.07, 6.45) is 1.14. The Balaban J connectivity index is 2.07. The summed E-state index contributed by atoms with van der Waals surface area (Å²) in [7, 11) is 2.01. The predicted octanol–water partition coefficient (Wildman–Crippen LogP) is 2.37. The normalized spacial score (nSPS) is 19.6. The lowest BCUT2D eigenvalue weighted by Gasteiger charge is -2.18. The fourth-order valence-corrected chi connectivity index (χ4v) is 3.88. The molecule has 2 aromatic rings. The molecule has 114 valence electrons. The summed E-state index contributed by atoms with van der Waals surface area (Å²) in [6, 6.07) is 2.69. The Morgan fingerprint density at radius 3 is 2.76 bits per heavy atom. The number of anilines is 2. The number of fused-ring (bicyclic) bond motifs is 1. The third-order valence-electron chi connectivity index (χ3n) is 4.01. The quantitative estimate of drug-likeness (QED) is 0.891. The molecule has 1 aliphatic rings. The van der Waals surface area contributed by atoms with Gasteiger partial charge in [0.2, 0.25) is 5.95 Å². The monoisotopic (exact) mass is 305 g/mol. The van der Waals surface area contributed by atoms with Crippen LogP contribution in [0.4, 0.5) is 11.8 Å². The first kappa shape index (κ1) is 14.5. The van der Waals surface area contributed by atoms with Crippen molar-refractivity contribution >= 4 is 33.3 Å². The SMILES string of the molecule is CNC1CCN(c2nc(N)nc3cc(C(C)(C)C)sc23)C1. The summed E-state index contributed by atoms with van der Waals surface area (Å²) in [5.74, 6) is 1.36. The topological polar surface area (TPSA) is 67.1 Å². The van der Waals surface area contributed by atoms with E-state index in [0.29, 0.717) is 12.0 Å². The van der Waals surface area contributed by atoms with Gasteiger partial charge in [0, 0.05) is 24.0 Å². The molecule has 21 heavy (non-hydrogen) atoms. The third-order valence-corrected chi connectivity index (χ3v) is 5.55. The van der Waals surface area contributed by atoms with Gasteiger partial charge in [0.25, 0.3) is 0 Å². The molecule has 6 heteroatoms. The minimum Gasteiger partial charge on any atom is -0.368 e. The maximum atomic E-state index is 5.92. The van der Waals surface area contributed by atoms with E-state index < -0.39 is 0 Å². The molecule has 0 amide bonds. The summed E-state index contributed by atoms with van der Waals surface area (Å²) >= 11 is 1.79. The van der Waals surface area contributed by atoms with Gasteiger partial charge in [-0.25, -0.2) is 4.98 Å². The molecule has 2 aromatic heterocycles. The van der Waals surface area contributed by atoms with E-state index in [1.165, 1.54) is 4.88 Å². The van der Waals surface area contributed by atoms with E-state index in [-0.39, 0.29) is 5.41 Å². The Morgan fingerprint density at radius 1 is 1.38 bits per heavy atom. The van der Waals surface area contributed by atoms with E-state index in [1.807, 2.05) is 7.05 Å². The second-order valence-electron chi connectivity index (χ2n) is 6.70. The number of nitrogens with two attached hydrogens (primary N) is 1. The second-order valence-corrected chi connectivity index (χ2v) is 7.75. The summed E-state index contributed by atoms with van der Waals surface area (Å²) in [6.45, 7) is 8.66. The molecule has 1 unspecified atom stereocenters. The van der Waals surface area contributed by atoms with Crippen molar-refractivity contribution in [2.24, 2.45) is 0 Å². The van der Waals surface area contributed by atoms with Crippen LogP contribution in [-0.4, -0.2) is 36.1 Å². The average Bonchev–Trinajstić information content (AvgIpc) is 3.02. The number of hydrogen-bond donors (Lipinski definition) is 2. The van der Waals surface area contributed by atoms with Crippen LogP contribution < -0.4 is 16.0 Å². The summed E-state index contributed by atoms with van der Waals surface area (Å²) < 4.78 is 1.16. The van der Waals surface area contributed by atoms with Crippen molar-refractivity contribution in [2.45, 2.75) is 38.6 Å². The zero-order valence-electron chi connectivity index (χ0n) is 13.1. The Labute approximate surface area is 129 Å². The number of thiophene rings is 1. The molecular formula is C15H23N5S. The third kappa shape index (κ3) is 2.70. The van der Waals surface area contributed by atoms with Crippen LogP contribution in [0.5, 0.6) is 0 Å². The lowest BCUT2D eigenvalue weighted by Crippen LogP contribution is -2.30. The molecule has 0 saturated carbocycles. The molecule has 5 nitrogen and oxygen atoms in total. The van der Waals surface area contributed by atoms with Crippen LogP contribution in [0.3, 0.4) is 0 Å². The van der Waals surface area contributed by atoms with Crippen LogP contribution in [0, 0.1) is 0 Å². The number of hydrogen-bond acceptors (Lipinski definition) is 6. The Kier molecular flexibility index (Phi) is 3.53. The number of nitrogens with one attached hydrogen (secondary N) is 1. The lowest BCUT2D eigenvalue weighted by molar-refractivity contribution is 0.604. The zero-order chi connectivity index (χ0) is 15.2. The minimum absolute atomic E-state index is 0.121. The van der Waals surface area contributed by atoms with E-state index in [2.05, 4.69) is 47.0 Å². The van der Waals surface area contributed by atoms with Crippen LogP contribution in [0.15, 0.2) is 6.07 Å². The highest BCUT2D eigenvalue weighted by Gasteiger charge is 2.26. The van der Waals surface area contributed by atoms with Crippen molar-refractivity contribution in [3.05, 3.63) is 10.9 Å². The van der Waals surface area contributed by atoms with E-state index in [1.54, 1.807) is 11.3 Å². The number of likely N-dealkylation sites (N-methyl/N-ethyl adjacent to an activating group) is 1. The van der Waals surface area contributed by atoms with Gasteiger partial charge in [-0.05, 0) is 24.9 Å². The van der Waals surface area contributed by atoms with Gasteiger partial charge in [-0.3, -0.25) is 0 Å². The van der Waals surface area contributed by atoms with Gasteiger partial charge >= 0.3 is 0 Å². The molecule has 1 fully saturated rings. The Hall–Kier alpha value is -1.40. The van der Waals surface area contributed by atoms with Crippen molar-refractivity contribution in [2.75, 3.05) is 30.8 Å². The first-order chi connectivity index (χ1) is 9.88. The van der Waals surface area contributed by atoms with Crippen molar-refractivity contribution < 1.29 is 0 Å². The standard InChI is InChI=1S/C15H23N5S/c1-15(2,3)11-7-10-12(21-11)13(19-14(16)18-10)20-6-5-9(8-20)17-4/h7,9,17H,5-6,8H2,1-4H3,(H2,16,18,19). The summed E-state index contributed by atoms with van der Waals surface area (Å²) in [4.78, 5) is 12.6. The van der Waals surface area contributed by atoms with Crippen molar-refractivity contribution in [3.8, 4) is 0 Å². The fraction of sp³-hybridized carbons (Fsp3) is 0.600. The number of rotatable bonds is 2. The number of nitrogens with zero attached hydrogens (tertiary/aromatic N) is 3. The molecule has 1 atom stereocenters. The van der Waals surface area contributed by atoms with Gasteiger partial charge in [-0.2, -0.15) is 4.98 Å². The maximum absolute atomic E-state index is 5.92. The highest BCUT2D eigenvalue weighted by Crippen LogP contribution is 2.38. The summed E-state index contributed by atoms with van der Waals surface area (Å²) in [5, 5.41) is 3.34. The van der Waals surface area contributed by atoms with Crippen LogP contribution in [0.25, 0.3) is 10.2 Å². The molecule has 0 spiro atoms. The first-order valence-corrected chi connectivity index (χ1v) is 8.20. The van der Waals surface area contributed by atoms with Crippen LogP contribution in [0.1, 0.15) is 32.1 Å². The van der Waals surface area contributed by atoms with Gasteiger partial charge in [-0.15, -0.1) is 11.3 Å². The predicted molar refractivity (Wildman–Crippen MR) is 90.2 cm³/mol. The number of aromatic nitrogens is 2. The zero-order valence-corrected chi connectivity index (χ0v) is 13.9. The van der Waals surface area contributed by atoms with Crippen LogP contribution in [0.2, 0.25) is 0 Å². The van der Waals surface area contributed by atoms with E-state index in [0.717, 1.165) is 35.5 Å². The molecular weight excluding hydrogens is 282 g/mol. The van der Waals surface area contributed by atoms with Gasteiger partial charge in [0.1, 0.15) is 0 Å². The number of nitrogen functional groups attached to an aromatic ring is 1. The van der Waals surface area contributed by atoms with Crippen molar-refractivity contribution in [3.63, 3.8) is 0 Å². The first-order valence-electron chi connectivity index (χ1n) is 7.38. The van der Waals surface area contributed by atoms with Crippen molar-refractivity contribution in [1.29, 1.82) is 0 Å². The maximum Gasteiger partial charge on any atom is 0.222 e. The van der Waals surface area contributed by atoms with Gasteiger partial charge in [0.15, 0.2) is 5.82 Å². The largest absolute Gasteiger partial charge is 0.368 e. The smallest absolute Gasteiger partial charge is 0.222 e. The second kappa shape index (κ2) is 5.10. The van der Waals surface area contributed by atoms with E-state index >= 15 is 0 Å². The van der Waals surface area contributed by atoms with Crippen molar-refractivity contribution in [1.82, 2.24) is 15.3 Å². The average molecular weight is 305 g/mol. The van der Waals surface area contributed by atoms with E-state index in [9.17, 15) is 0 Å². The molecule has 3 N–H and O–H groups in total. The highest BCUT2D eigenvalue weighted by atomic mass is 32.1. The van der Waals surface area contributed by atoms with E-state index in [4.69, 9.17) is 5.73 Å². The molecule has 0 radical (unpaired) electrons. The Bertz CT molecular complexity index is 658. The molecule has 3 rings (SSSR count). The highest BCUT2D eigenvalue weighted by molar-refractivity contribution is 7.19. The molecule has 3 heterocycles. The lowest BCUT2D eigenvalue weighted by atomic mass is 9.95. The molecule has 1 aliphatic heterocycles. The fourth-order valence-electron chi connectivity index (χ4n) is 2.70. The molecule has 1 saturated heterocycles. The van der Waals surface area contributed by atoms with Crippen LogP contribution >= 0.6 is 11.3 Å². The molecule has 0 aliphatic carbocycles. The van der Waals surface area contributed by atoms with Gasteiger partial charge in [0.05, 0.1) is 10.2 Å². The van der Waals surface area contributed by atoms with Gasteiger partial charge < -0.3 is 16.0 Å². The van der Waals surface area contributed by atoms with Crippen LogP contribution in [-0.2, 0) is 5.41 Å². The summed E-state index contributed by atoms with van der Waals surface area (Å²) in [5.41, 5.74) is 7.01. The minimum atomic E-state index is 0.121. The molecule has 0 aromatic carbocycles. The van der Waals surface area contributed by atoms with Gasteiger partial charge in [-0.1, -0.05) is 20.8 Å².